The molecule has 2 aromatic rings. The number of carbonyl (C=O) groups is 1. The molecule has 6 nitrogen and oxygen atoms in total. The highest BCUT2D eigenvalue weighted by molar-refractivity contribution is 7.89. The van der Waals surface area contributed by atoms with Crippen LogP contribution in [-0.4, -0.2) is 49.5 Å². The predicted octanol–water partition coefficient (Wildman–Crippen LogP) is 1.10. The van der Waals surface area contributed by atoms with E-state index < -0.39 is 16.1 Å². The topological polar surface area (TPSA) is 86.7 Å². The Balaban J connectivity index is 1.91. The lowest BCUT2D eigenvalue weighted by Gasteiger charge is -2.23. The summed E-state index contributed by atoms with van der Waals surface area (Å²) < 4.78 is 27.2. The van der Waals surface area contributed by atoms with Gasteiger partial charge in [0.2, 0.25) is 15.9 Å². The molecule has 0 unspecified atom stereocenters. The Morgan fingerprint density at radius 2 is 1.96 bits per heavy atom. The third-order valence-corrected chi connectivity index (χ3v) is 6.15. The lowest BCUT2D eigenvalue weighted by atomic mass is 10.1. The van der Waals surface area contributed by atoms with E-state index in [9.17, 15) is 13.2 Å². The molecule has 0 aliphatic carbocycles. The second kappa shape index (κ2) is 6.88. The van der Waals surface area contributed by atoms with Crippen LogP contribution >= 0.6 is 0 Å². The van der Waals surface area contributed by atoms with Crippen LogP contribution in [0.3, 0.4) is 0 Å². The summed E-state index contributed by atoms with van der Waals surface area (Å²) >= 11 is 0. The average molecular weight is 348 g/mol. The van der Waals surface area contributed by atoms with Gasteiger partial charge in [0, 0.05) is 13.1 Å². The first-order valence-corrected chi connectivity index (χ1v) is 9.37. The van der Waals surface area contributed by atoms with Gasteiger partial charge in [-0.2, -0.15) is 4.31 Å². The Hall–Kier alpha value is -1.96. The lowest BCUT2D eigenvalue weighted by Crippen LogP contribution is -2.46. The summed E-state index contributed by atoms with van der Waals surface area (Å²) in [4.78, 5) is 12.4. The van der Waals surface area contributed by atoms with E-state index in [1.807, 2.05) is 24.3 Å². The summed E-state index contributed by atoms with van der Waals surface area (Å²) in [5.74, 6) is -0.356. The van der Waals surface area contributed by atoms with Crippen LogP contribution in [-0.2, 0) is 14.8 Å². The van der Waals surface area contributed by atoms with Crippen molar-refractivity contribution in [1.29, 1.82) is 0 Å². The van der Waals surface area contributed by atoms with E-state index >= 15 is 0 Å². The molecular weight excluding hydrogens is 328 g/mol. The molecule has 0 bridgehead atoms. The minimum Gasteiger partial charge on any atom is -0.395 e. The Morgan fingerprint density at radius 3 is 2.71 bits per heavy atom. The number of amides is 1. The minimum absolute atomic E-state index is 0.124. The zero-order chi connectivity index (χ0) is 17.2. The summed E-state index contributed by atoms with van der Waals surface area (Å²) in [6.45, 7) is 0.279. The van der Waals surface area contributed by atoms with Crippen LogP contribution < -0.4 is 5.32 Å². The van der Waals surface area contributed by atoms with Gasteiger partial charge in [-0.25, -0.2) is 8.42 Å². The number of nitrogens with zero attached hydrogens (tertiary/aromatic N) is 1. The highest BCUT2D eigenvalue weighted by Gasteiger charge is 2.39. The zero-order valence-corrected chi connectivity index (χ0v) is 14.0. The van der Waals surface area contributed by atoms with Gasteiger partial charge in [0.15, 0.2) is 0 Å². The van der Waals surface area contributed by atoms with E-state index in [0.717, 1.165) is 10.8 Å². The second-order valence-corrected chi connectivity index (χ2v) is 7.69. The van der Waals surface area contributed by atoms with Gasteiger partial charge < -0.3 is 10.4 Å². The number of sulfonamides is 1. The Bertz CT molecular complexity index is 851. The standard InChI is InChI=1S/C17H20N2O4S/c20-11-9-18-17(21)16-6-3-10-19(16)24(22,23)15-8-7-13-4-1-2-5-14(13)12-15/h1-2,4-5,7-8,12,16,20H,3,6,9-11H2,(H,18,21)/t16-/m1/s1. The molecule has 1 heterocycles. The Morgan fingerprint density at radius 1 is 1.21 bits per heavy atom. The van der Waals surface area contributed by atoms with Gasteiger partial charge in [0.05, 0.1) is 11.5 Å². The lowest BCUT2D eigenvalue weighted by molar-refractivity contribution is -0.124. The summed E-state index contributed by atoms with van der Waals surface area (Å²) in [5, 5.41) is 13.2. The average Bonchev–Trinajstić information content (AvgIpc) is 3.10. The van der Waals surface area contributed by atoms with Crippen LogP contribution in [0.15, 0.2) is 47.4 Å². The van der Waals surface area contributed by atoms with E-state index in [1.54, 1.807) is 18.2 Å². The van der Waals surface area contributed by atoms with Crippen molar-refractivity contribution in [1.82, 2.24) is 9.62 Å². The number of hydrogen-bond donors (Lipinski definition) is 2. The summed E-state index contributed by atoms with van der Waals surface area (Å²) in [5.41, 5.74) is 0. The Kier molecular flexibility index (Phi) is 4.84. The molecule has 2 N–H and O–H groups in total. The smallest absolute Gasteiger partial charge is 0.243 e. The van der Waals surface area contributed by atoms with Crippen molar-refractivity contribution in [2.75, 3.05) is 19.7 Å². The molecule has 2 aromatic carbocycles. The first-order valence-electron chi connectivity index (χ1n) is 7.93. The highest BCUT2D eigenvalue weighted by Crippen LogP contribution is 2.28. The van der Waals surface area contributed by atoms with Crippen LogP contribution in [0.4, 0.5) is 0 Å². The molecule has 1 aliphatic heterocycles. The van der Waals surface area contributed by atoms with E-state index in [1.165, 1.54) is 4.31 Å². The third kappa shape index (κ3) is 3.15. The predicted molar refractivity (Wildman–Crippen MR) is 91.0 cm³/mol. The molecule has 1 fully saturated rings. The second-order valence-electron chi connectivity index (χ2n) is 5.80. The maximum absolute atomic E-state index is 13.0. The molecule has 0 aromatic heterocycles. The zero-order valence-electron chi connectivity index (χ0n) is 13.2. The van der Waals surface area contributed by atoms with Crippen molar-refractivity contribution in [2.24, 2.45) is 0 Å². The van der Waals surface area contributed by atoms with Gasteiger partial charge >= 0.3 is 0 Å². The quantitative estimate of drug-likeness (QED) is 0.847. The van der Waals surface area contributed by atoms with Crippen molar-refractivity contribution in [3.05, 3.63) is 42.5 Å². The van der Waals surface area contributed by atoms with Crippen LogP contribution in [0.25, 0.3) is 10.8 Å². The molecule has 128 valence electrons. The normalized spacial score (nSPS) is 18.8. The van der Waals surface area contributed by atoms with Crippen LogP contribution in [0, 0.1) is 0 Å². The first-order chi connectivity index (χ1) is 11.5. The van der Waals surface area contributed by atoms with E-state index in [0.29, 0.717) is 19.4 Å². The number of fused-ring (bicyclic) bond motifs is 1. The molecular formula is C17H20N2O4S. The number of aliphatic hydroxyl groups excluding tert-OH is 1. The largest absolute Gasteiger partial charge is 0.395 e. The number of benzene rings is 2. The molecule has 1 atom stereocenters. The fourth-order valence-corrected chi connectivity index (χ4v) is 4.74. The van der Waals surface area contributed by atoms with Crippen molar-refractivity contribution in [2.45, 2.75) is 23.8 Å². The summed E-state index contributed by atoms with van der Waals surface area (Å²) in [6, 6.07) is 11.8. The number of aliphatic hydroxyl groups is 1. The number of nitrogens with one attached hydrogen (secondary N) is 1. The fraction of sp³-hybridized carbons (Fsp3) is 0.353. The van der Waals surface area contributed by atoms with Gasteiger partial charge in [0.1, 0.15) is 6.04 Å². The van der Waals surface area contributed by atoms with Crippen molar-refractivity contribution < 1.29 is 18.3 Å². The maximum Gasteiger partial charge on any atom is 0.243 e. The number of rotatable bonds is 5. The Labute approximate surface area is 141 Å². The molecule has 0 saturated carbocycles. The van der Waals surface area contributed by atoms with E-state index in [-0.39, 0.29) is 24.0 Å². The molecule has 0 radical (unpaired) electrons. The van der Waals surface area contributed by atoms with Gasteiger partial charge in [-0.3, -0.25) is 4.79 Å². The van der Waals surface area contributed by atoms with Crippen LogP contribution in [0.5, 0.6) is 0 Å². The van der Waals surface area contributed by atoms with E-state index in [2.05, 4.69) is 5.32 Å². The van der Waals surface area contributed by atoms with Gasteiger partial charge in [-0.05, 0) is 35.7 Å². The highest BCUT2D eigenvalue weighted by atomic mass is 32.2. The monoisotopic (exact) mass is 348 g/mol. The van der Waals surface area contributed by atoms with Gasteiger partial charge in [-0.15, -0.1) is 0 Å². The summed E-state index contributed by atoms with van der Waals surface area (Å²) in [6.07, 6.45) is 1.13. The van der Waals surface area contributed by atoms with Crippen molar-refractivity contribution in [3.8, 4) is 0 Å². The minimum atomic E-state index is -3.74. The molecule has 3 rings (SSSR count). The third-order valence-electron chi connectivity index (χ3n) is 4.24. The van der Waals surface area contributed by atoms with Gasteiger partial charge in [0.25, 0.3) is 0 Å². The first kappa shape index (κ1) is 16.9. The van der Waals surface area contributed by atoms with Crippen LogP contribution in [0.2, 0.25) is 0 Å². The molecule has 7 heteroatoms. The van der Waals surface area contributed by atoms with Crippen molar-refractivity contribution in [3.63, 3.8) is 0 Å². The van der Waals surface area contributed by atoms with Crippen molar-refractivity contribution >= 4 is 26.7 Å². The maximum atomic E-state index is 13.0. The molecule has 1 amide bonds. The number of hydrogen-bond acceptors (Lipinski definition) is 4. The van der Waals surface area contributed by atoms with Crippen LogP contribution in [0.1, 0.15) is 12.8 Å². The fourth-order valence-electron chi connectivity index (χ4n) is 3.05. The molecule has 1 aliphatic rings. The molecule has 24 heavy (non-hydrogen) atoms. The van der Waals surface area contributed by atoms with E-state index in [4.69, 9.17) is 5.11 Å². The molecule has 1 saturated heterocycles. The number of carbonyl (C=O) groups excluding carboxylic acids is 1. The summed E-state index contributed by atoms with van der Waals surface area (Å²) in [7, 11) is -3.74. The SMILES string of the molecule is O=C(NCCO)[C@H]1CCCN1S(=O)(=O)c1ccc2ccccc2c1. The molecule has 0 spiro atoms. The van der Waals surface area contributed by atoms with Gasteiger partial charge in [-0.1, -0.05) is 30.3 Å².